The van der Waals surface area contributed by atoms with E-state index >= 15 is 0 Å². The molecular formula is C38H50FN5O4. The first-order valence-corrected chi connectivity index (χ1v) is 17.1. The molecule has 1 fully saturated rings. The zero-order valence-corrected chi connectivity index (χ0v) is 29.1. The molecule has 1 atom stereocenters. The first-order chi connectivity index (χ1) is 23.4. The number of rotatable bonds is 15. The van der Waals surface area contributed by atoms with Crippen molar-refractivity contribution in [2.24, 2.45) is 0 Å². The monoisotopic (exact) mass is 659 g/mol. The van der Waals surface area contributed by atoms with Gasteiger partial charge in [0, 0.05) is 51.3 Å². The topological polar surface area (TPSA) is 72.3 Å². The fourth-order valence-corrected chi connectivity index (χ4v) is 6.71. The smallest absolute Gasteiger partial charge is 0.253 e. The van der Waals surface area contributed by atoms with Crippen LogP contribution >= 0.6 is 0 Å². The minimum Gasteiger partial charge on any atom is -0.493 e. The Balaban J connectivity index is 1.28. The predicted octanol–water partition coefficient (Wildman–Crippen LogP) is 6.85. The van der Waals surface area contributed by atoms with Crippen LogP contribution < -0.4 is 19.1 Å². The van der Waals surface area contributed by atoms with Crippen molar-refractivity contribution >= 4 is 22.9 Å². The maximum Gasteiger partial charge on any atom is 0.253 e. The number of carbonyl (C=O) groups excluding carboxylic acids is 1. The highest BCUT2D eigenvalue weighted by Crippen LogP contribution is 2.38. The fraction of sp³-hybridized carbons (Fsp3) is 0.474. The lowest BCUT2D eigenvalue weighted by atomic mass is 9.94. The second-order valence-electron chi connectivity index (χ2n) is 12.6. The van der Waals surface area contributed by atoms with E-state index in [-0.39, 0.29) is 17.6 Å². The largest absolute Gasteiger partial charge is 0.493 e. The molecule has 1 aromatic heterocycles. The molecule has 9 nitrogen and oxygen atoms in total. The Kier molecular flexibility index (Phi) is 12.2. The average Bonchev–Trinajstić information content (AvgIpc) is 3.31. The Bertz CT molecular complexity index is 1620. The van der Waals surface area contributed by atoms with Gasteiger partial charge in [-0.2, -0.15) is 0 Å². The van der Waals surface area contributed by atoms with Crippen LogP contribution in [0.25, 0.3) is 11.0 Å². The standard InChI is InChI=1S/C38H50FN5O4/c1-6-7-10-21-44-33-13-9-8-12-32(33)40-38(44)43-20-11-19-42(23-24-43)22-18-29(28-14-16-31(39)17-15-28)27-41(2)37(45)30-25-34(46-3)36(48-5)35(26-30)47-4/h8-9,12-17,25-26,29H,6-7,10-11,18-24,27H2,1-5H3. The number of para-hydroxylation sites is 2. The molecule has 48 heavy (non-hydrogen) atoms. The molecule has 1 amide bonds. The van der Waals surface area contributed by atoms with E-state index in [1.54, 1.807) is 24.1 Å². The maximum atomic E-state index is 13.9. The molecule has 1 aliphatic heterocycles. The molecule has 258 valence electrons. The Morgan fingerprint density at radius 2 is 1.65 bits per heavy atom. The van der Waals surface area contributed by atoms with Gasteiger partial charge in [-0.15, -0.1) is 0 Å². The van der Waals surface area contributed by atoms with Crippen molar-refractivity contribution in [1.82, 2.24) is 19.4 Å². The van der Waals surface area contributed by atoms with Gasteiger partial charge >= 0.3 is 0 Å². The SMILES string of the molecule is CCCCCn1c(N2CCCN(CCC(CN(C)C(=O)c3cc(OC)c(OC)c(OC)c3)c3ccc(F)cc3)CC2)nc2ccccc21. The summed E-state index contributed by atoms with van der Waals surface area (Å²) in [4.78, 5) is 25.5. The highest BCUT2D eigenvalue weighted by molar-refractivity contribution is 5.95. The van der Waals surface area contributed by atoms with Crippen molar-refractivity contribution in [3.63, 3.8) is 0 Å². The lowest BCUT2D eigenvalue weighted by Crippen LogP contribution is -2.35. The van der Waals surface area contributed by atoms with Crippen molar-refractivity contribution in [3.05, 3.63) is 77.6 Å². The number of ether oxygens (including phenoxy) is 3. The van der Waals surface area contributed by atoms with Crippen LogP contribution in [-0.2, 0) is 6.54 Å². The number of unbranched alkanes of at least 4 members (excludes halogenated alkanes) is 2. The number of benzene rings is 3. The number of aryl methyl sites for hydroxylation is 1. The van der Waals surface area contributed by atoms with Crippen molar-refractivity contribution in [3.8, 4) is 17.2 Å². The highest BCUT2D eigenvalue weighted by atomic mass is 19.1. The third-order valence-electron chi connectivity index (χ3n) is 9.38. The summed E-state index contributed by atoms with van der Waals surface area (Å²) in [5, 5.41) is 0. The molecule has 3 aromatic carbocycles. The number of aromatic nitrogens is 2. The highest BCUT2D eigenvalue weighted by Gasteiger charge is 2.25. The van der Waals surface area contributed by atoms with E-state index in [1.165, 1.54) is 51.8 Å². The van der Waals surface area contributed by atoms with Crippen molar-refractivity contribution in [1.29, 1.82) is 0 Å². The number of imidazole rings is 1. The molecule has 1 aliphatic rings. The summed E-state index contributed by atoms with van der Waals surface area (Å²) in [6, 6.07) is 18.5. The summed E-state index contributed by atoms with van der Waals surface area (Å²) in [6.45, 7) is 8.34. The number of hydrogen-bond acceptors (Lipinski definition) is 7. The molecular weight excluding hydrogens is 609 g/mol. The number of amides is 1. The molecule has 1 unspecified atom stereocenters. The first-order valence-electron chi connectivity index (χ1n) is 17.1. The van der Waals surface area contributed by atoms with E-state index in [0.717, 1.165) is 75.6 Å². The molecule has 0 aliphatic carbocycles. The Morgan fingerprint density at radius 3 is 2.33 bits per heavy atom. The van der Waals surface area contributed by atoms with Gasteiger partial charge in [-0.05, 0) is 74.3 Å². The Labute approximate surface area is 284 Å². The molecule has 10 heteroatoms. The fourth-order valence-electron chi connectivity index (χ4n) is 6.71. The van der Waals surface area contributed by atoms with E-state index in [1.807, 2.05) is 12.1 Å². The summed E-state index contributed by atoms with van der Waals surface area (Å²) < 4.78 is 32.7. The zero-order chi connectivity index (χ0) is 34.0. The van der Waals surface area contributed by atoms with Crippen molar-refractivity contribution in [2.75, 3.05) is 72.5 Å². The number of methoxy groups -OCH3 is 3. The molecule has 0 radical (unpaired) electrons. The predicted molar refractivity (Wildman–Crippen MR) is 189 cm³/mol. The van der Waals surface area contributed by atoms with Gasteiger partial charge in [0.25, 0.3) is 5.91 Å². The van der Waals surface area contributed by atoms with Gasteiger partial charge in [0.1, 0.15) is 5.82 Å². The van der Waals surface area contributed by atoms with Crippen LogP contribution in [0, 0.1) is 5.82 Å². The number of carbonyl (C=O) groups is 1. The van der Waals surface area contributed by atoms with Crippen LogP contribution in [-0.4, -0.2) is 92.9 Å². The van der Waals surface area contributed by atoms with E-state index in [0.29, 0.717) is 29.4 Å². The van der Waals surface area contributed by atoms with Crippen LogP contribution in [0.15, 0.2) is 60.7 Å². The lowest BCUT2D eigenvalue weighted by molar-refractivity contribution is 0.0782. The Morgan fingerprint density at radius 1 is 0.917 bits per heavy atom. The Hall–Kier alpha value is -4.31. The molecule has 0 bridgehead atoms. The number of fused-ring (bicyclic) bond motifs is 1. The van der Waals surface area contributed by atoms with Crippen molar-refractivity contribution < 1.29 is 23.4 Å². The number of halogens is 1. The maximum absolute atomic E-state index is 13.9. The summed E-state index contributed by atoms with van der Waals surface area (Å²) in [7, 11) is 6.41. The van der Waals surface area contributed by atoms with Crippen LogP contribution in [0.3, 0.4) is 0 Å². The third-order valence-corrected chi connectivity index (χ3v) is 9.38. The molecule has 1 saturated heterocycles. The minimum atomic E-state index is -0.271. The summed E-state index contributed by atoms with van der Waals surface area (Å²) in [5.41, 5.74) is 3.71. The van der Waals surface area contributed by atoms with Crippen LogP contribution in [0.2, 0.25) is 0 Å². The van der Waals surface area contributed by atoms with Gasteiger partial charge in [-0.25, -0.2) is 9.37 Å². The molecule has 0 saturated carbocycles. The van der Waals surface area contributed by atoms with Crippen molar-refractivity contribution in [2.45, 2.75) is 51.5 Å². The lowest BCUT2D eigenvalue weighted by Gasteiger charge is -2.28. The van der Waals surface area contributed by atoms with E-state index in [9.17, 15) is 9.18 Å². The van der Waals surface area contributed by atoms with Gasteiger partial charge in [-0.3, -0.25) is 4.79 Å². The number of likely N-dealkylation sites (N-methyl/N-ethyl adjacent to an activating group) is 1. The summed E-state index contributed by atoms with van der Waals surface area (Å²) in [6.07, 6.45) is 5.41. The van der Waals surface area contributed by atoms with Gasteiger partial charge < -0.3 is 33.5 Å². The minimum absolute atomic E-state index is 0.0173. The van der Waals surface area contributed by atoms with E-state index in [2.05, 4.69) is 45.6 Å². The zero-order valence-electron chi connectivity index (χ0n) is 29.1. The van der Waals surface area contributed by atoms with Crippen LogP contribution in [0.5, 0.6) is 17.2 Å². The first kappa shape index (κ1) is 35.0. The second-order valence-corrected chi connectivity index (χ2v) is 12.6. The van der Waals surface area contributed by atoms with Gasteiger partial charge in [0.2, 0.25) is 11.7 Å². The van der Waals surface area contributed by atoms with Gasteiger partial charge in [-0.1, -0.05) is 44.0 Å². The number of nitrogens with zero attached hydrogens (tertiary/aromatic N) is 5. The van der Waals surface area contributed by atoms with Crippen LogP contribution in [0.4, 0.5) is 10.3 Å². The third kappa shape index (κ3) is 8.21. The molecule has 0 N–H and O–H groups in total. The van der Waals surface area contributed by atoms with E-state index in [4.69, 9.17) is 19.2 Å². The summed E-state index contributed by atoms with van der Waals surface area (Å²) in [5.74, 6) is 1.95. The molecule has 0 spiro atoms. The summed E-state index contributed by atoms with van der Waals surface area (Å²) >= 11 is 0. The molecule has 2 heterocycles. The number of hydrogen-bond donors (Lipinski definition) is 0. The average molecular weight is 660 g/mol. The quantitative estimate of drug-likeness (QED) is 0.129. The van der Waals surface area contributed by atoms with Crippen LogP contribution in [0.1, 0.15) is 60.9 Å². The second kappa shape index (κ2) is 16.7. The molecule has 4 aromatic rings. The molecule has 5 rings (SSSR count). The van der Waals surface area contributed by atoms with Gasteiger partial charge in [0.15, 0.2) is 11.5 Å². The van der Waals surface area contributed by atoms with E-state index < -0.39 is 0 Å². The van der Waals surface area contributed by atoms with Gasteiger partial charge in [0.05, 0.1) is 32.4 Å². The normalized spacial score (nSPS) is 14.5. The number of anilines is 1.